The van der Waals surface area contributed by atoms with Crippen molar-refractivity contribution in [1.29, 1.82) is 0 Å². The molecule has 0 unspecified atom stereocenters. The summed E-state index contributed by atoms with van der Waals surface area (Å²) >= 11 is 0. The molecule has 3 nitrogen and oxygen atoms in total. The monoisotopic (exact) mass is 394 g/mol. The fraction of sp³-hybridized carbons (Fsp3) is 0.462. The van der Waals surface area contributed by atoms with E-state index in [2.05, 4.69) is 6.92 Å². The van der Waals surface area contributed by atoms with E-state index in [0.29, 0.717) is 23.5 Å². The zero-order valence-electron chi connectivity index (χ0n) is 17.7. The number of hydrogen-bond acceptors (Lipinski definition) is 3. The van der Waals surface area contributed by atoms with Crippen LogP contribution in [0.15, 0.2) is 54.6 Å². The van der Waals surface area contributed by atoms with Crippen molar-refractivity contribution in [2.45, 2.75) is 71.1 Å². The highest BCUT2D eigenvalue weighted by Crippen LogP contribution is 2.21. The minimum absolute atomic E-state index is 0.341. The van der Waals surface area contributed by atoms with Crippen LogP contribution in [0.1, 0.15) is 91.8 Å². The third-order valence-electron chi connectivity index (χ3n) is 5.13. The van der Waals surface area contributed by atoms with Crippen LogP contribution in [0.4, 0.5) is 0 Å². The Morgan fingerprint density at radius 1 is 0.655 bits per heavy atom. The second-order valence-electron chi connectivity index (χ2n) is 7.55. The molecule has 0 bridgehead atoms. The fourth-order valence-electron chi connectivity index (χ4n) is 3.39. The average Bonchev–Trinajstić information content (AvgIpc) is 2.77. The number of unbranched alkanes of at least 4 members (excludes halogenated alkanes) is 9. The van der Waals surface area contributed by atoms with Crippen molar-refractivity contribution >= 4 is 11.6 Å². The zero-order chi connectivity index (χ0) is 20.7. The quantitative estimate of drug-likeness (QED) is 0.185. The highest BCUT2D eigenvalue weighted by atomic mass is 16.5. The first-order chi connectivity index (χ1) is 14.2. The van der Waals surface area contributed by atoms with Crippen molar-refractivity contribution < 1.29 is 14.3 Å². The molecule has 3 heteroatoms. The summed E-state index contributed by atoms with van der Waals surface area (Å²) in [7, 11) is 0. The summed E-state index contributed by atoms with van der Waals surface area (Å²) in [6.07, 6.45) is 12.7. The number of rotatable bonds is 15. The maximum absolute atomic E-state index is 12.6. The summed E-state index contributed by atoms with van der Waals surface area (Å²) in [5, 5.41) is 0. The molecule has 0 N–H and O–H groups in total. The number of Topliss-reactive ketones (excluding diaryl/α,β-unsaturated/α-hetero) is 2. The SMILES string of the molecule is CCCCCCCCCCCCOc1ccccc1C(=O)C(=O)c1ccccc1. The lowest BCUT2D eigenvalue weighted by atomic mass is 10.0. The highest BCUT2D eigenvalue weighted by molar-refractivity contribution is 6.49. The smallest absolute Gasteiger partial charge is 0.237 e. The summed E-state index contributed by atoms with van der Waals surface area (Å²) in [4.78, 5) is 25.1. The van der Waals surface area contributed by atoms with Crippen LogP contribution in [0.25, 0.3) is 0 Å². The molecular weight excluding hydrogens is 360 g/mol. The summed E-state index contributed by atoms with van der Waals surface area (Å²) in [6.45, 7) is 2.82. The van der Waals surface area contributed by atoms with Crippen molar-refractivity contribution in [3.63, 3.8) is 0 Å². The van der Waals surface area contributed by atoms with E-state index in [9.17, 15) is 9.59 Å². The molecule has 0 aliphatic carbocycles. The average molecular weight is 395 g/mol. The van der Waals surface area contributed by atoms with Gasteiger partial charge >= 0.3 is 0 Å². The van der Waals surface area contributed by atoms with Crippen molar-refractivity contribution in [3.8, 4) is 5.75 Å². The van der Waals surface area contributed by atoms with Gasteiger partial charge in [0.1, 0.15) is 5.75 Å². The summed E-state index contributed by atoms with van der Waals surface area (Å²) in [5.41, 5.74) is 0.746. The zero-order valence-corrected chi connectivity index (χ0v) is 17.7. The van der Waals surface area contributed by atoms with Gasteiger partial charge in [-0.3, -0.25) is 9.59 Å². The Hall–Kier alpha value is -2.42. The molecule has 0 spiro atoms. The van der Waals surface area contributed by atoms with Gasteiger partial charge in [-0.15, -0.1) is 0 Å². The van der Waals surface area contributed by atoms with Gasteiger partial charge in [0.05, 0.1) is 12.2 Å². The molecule has 0 aliphatic rings. The maximum Gasteiger partial charge on any atom is 0.237 e. The predicted octanol–water partition coefficient (Wildman–Crippen LogP) is 7.05. The first-order valence-corrected chi connectivity index (χ1v) is 11.1. The first kappa shape index (κ1) is 22.9. The molecule has 0 radical (unpaired) electrons. The van der Waals surface area contributed by atoms with E-state index >= 15 is 0 Å². The van der Waals surface area contributed by atoms with Crippen LogP contribution in [0, 0.1) is 0 Å². The van der Waals surface area contributed by atoms with Crippen molar-refractivity contribution in [1.82, 2.24) is 0 Å². The molecular formula is C26H34O3. The van der Waals surface area contributed by atoms with Crippen LogP contribution in [0.3, 0.4) is 0 Å². The molecule has 29 heavy (non-hydrogen) atoms. The van der Waals surface area contributed by atoms with E-state index in [1.165, 1.54) is 51.4 Å². The van der Waals surface area contributed by atoms with E-state index in [1.807, 2.05) is 12.1 Å². The molecule has 2 aromatic carbocycles. The Labute approximate surface area is 175 Å². The van der Waals surface area contributed by atoms with Crippen molar-refractivity contribution in [2.75, 3.05) is 6.61 Å². The molecule has 0 heterocycles. The molecule has 2 rings (SSSR count). The van der Waals surface area contributed by atoms with Gasteiger partial charge in [-0.25, -0.2) is 0 Å². The summed E-state index contributed by atoms with van der Waals surface area (Å²) < 4.78 is 5.84. The molecule has 156 valence electrons. The maximum atomic E-state index is 12.6. The first-order valence-electron chi connectivity index (χ1n) is 11.1. The Kier molecular flexibility index (Phi) is 10.8. The van der Waals surface area contributed by atoms with Crippen molar-refractivity contribution in [2.24, 2.45) is 0 Å². The van der Waals surface area contributed by atoms with Gasteiger partial charge in [-0.05, 0) is 18.6 Å². The number of benzene rings is 2. The third-order valence-corrected chi connectivity index (χ3v) is 5.13. The van der Waals surface area contributed by atoms with Crippen molar-refractivity contribution in [3.05, 3.63) is 65.7 Å². The highest BCUT2D eigenvalue weighted by Gasteiger charge is 2.21. The van der Waals surface area contributed by atoms with Gasteiger partial charge in [0.25, 0.3) is 0 Å². The lowest BCUT2D eigenvalue weighted by molar-refractivity contribution is 0.0814. The summed E-state index contributed by atoms with van der Waals surface area (Å²) in [6, 6.07) is 15.7. The van der Waals surface area contributed by atoms with Gasteiger partial charge < -0.3 is 4.74 Å². The van der Waals surface area contributed by atoms with E-state index < -0.39 is 11.6 Å². The molecule has 0 saturated carbocycles. The van der Waals surface area contributed by atoms with E-state index in [0.717, 1.165) is 12.8 Å². The van der Waals surface area contributed by atoms with E-state index in [4.69, 9.17) is 4.74 Å². The molecule has 2 aromatic rings. The topological polar surface area (TPSA) is 43.4 Å². The van der Waals surface area contributed by atoms with Gasteiger partial charge in [-0.2, -0.15) is 0 Å². The Balaban J connectivity index is 1.71. The Bertz CT molecular complexity index is 737. The van der Waals surface area contributed by atoms with Crippen LogP contribution in [-0.2, 0) is 0 Å². The van der Waals surface area contributed by atoms with Gasteiger partial charge in [0.2, 0.25) is 11.6 Å². The third kappa shape index (κ3) is 8.23. The largest absolute Gasteiger partial charge is 0.493 e. The van der Waals surface area contributed by atoms with E-state index in [1.54, 1.807) is 42.5 Å². The molecule has 0 fully saturated rings. The molecule has 0 amide bonds. The van der Waals surface area contributed by atoms with Crippen LogP contribution < -0.4 is 4.74 Å². The predicted molar refractivity (Wildman–Crippen MR) is 119 cm³/mol. The van der Waals surface area contributed by atoms with Gasteiger partial charge in [0, 0.05) is 5.56 Å². The van der Waals surface area contributed by atoms with Crippen LogP contribution in [0.5, 0.6) is 5.75 Å². The lowest BCUT2D eigenvalue weighted by Crippen LogP contribution is -2.16. The number of hydrogen-bond donors (Lipinski definition) is 0. The normalized spacial score (nSPS) is 10.7. The number of carbonyl (C=O) groups excluding carboxylic acids is 2. The van der Waals surface area contributed by atoms with Gasteiger partial charge in [-0.1, -0.05) is 107 Å². The van der Waals surface area contributed by atoms with Crippen LogP contribution >= 0.6 is 0 Å². The fourth-order valence-corrected chi connectivity index (χ4v) is 3.39. The summed E-state index contributed by atoms with van der Waals surface area (Å²) in [5.74, 6) is -0.520. The second-order valence-corrected chi connectivity index (χ2v) is 7.55. The van der Waals surface area contributed by atoms with E-state index in [-0.39, 0.29) is 0 Å². The Morgan fingerprint density at radius 3 is 1.86 bits per heavy atom. The standard InChI is InChI=1S/C26H34O3/c1-2-3-4-5-6-7-8-9-10-16-21-29-24-20-15-14-19-23(24)26(28)25(27)22-17-12-11-13-18-22/h11-15,17-20H,2-10,16,21H2,1H3. The lowest BCUT2D eigenvalue weighted by Gasteiger charge is -2.10. The second kappa shape index (κ2) is 13.7. The van der Waals surface area contributed by atoms with Crippen LogP contribution in [-0.4, -0.2) is 18.2 Å². The Morgan fingerprint density at radius 2 is 1.21 bits per heavy atom. The molecule has 0 aliphatic heterocycles. The minimum atomic E-state index is -0.519. The minimum Gasteiger partial charge on any atom is -0.493 e. The molecule has 0 atom stereocenters. The molecule has 0 aromatic heterocycles. The number of para-hydroxylation sites is 1. The van der Waals surface area contributed by atoms with Crippen LogP contribution in [0.2, 0.25) is 0 Å². The molecule has 0 saturated heterocycles. The number of carbonyl (C=O) groups is 2. The number of ether oxygens (including phenoxy) is 1. The number of ketones is 2. The van der Waals surface area contributed by atoms with Gasteiger partial charge in [0.15, 0.2) is 0 Å².